The van der Waals surface area contributed by atoms with Crippen molar-refractivity contribution in [3.63, 3.8) is 0 Å². The van der Waals surface area contributed by atoms with Gasteiger partial charge in [-0.1, -0.05) is 0 Å². The molecule has 1 amide bonds. The van der Waals surface area contributed by atoms with E-state index in [4.69, 9.17) is 14.6 Å². The SMILES string of the molecule is COc1ccc2c(c1)c([C@H](C(=O)O)N1CCN(C(=O)OC(C)(C)C)CC1)cn2CCC(=O)O. The molecule has 2 heterocycles. The molecule has 1 aromatic heterocycles. The Morgan fingerprint density at radius 1 is 1.09 bits per heavy atom. The molecule has 10 nitrogen and oxygen atoms in total. The normalized spacial score (nSPS) is 15.9. The summed E-state index contributed by atoms with van der Waals surface area (Å²) in [6.45, 7) is 7.04. The lowest BCUT2D eigenvalue weighted by atomic mass is 10.0. The van der Waals surface area contributed by atoms with Crippen LogP contribution in [0.15, 0.2) is 24.4 Å². The van der Waals surface area contributed by atoms with Crippen LogP contribution in [0.1, 0.15) is 38.8 Å². The molecule has 0 aliphatic carbocycles. The van der Waals surface area contributed by atoms with Gasteiger partial charge in [-0.2, -0.15) is 0 Å². The standard InChI is InChI=1S/C23H31N3O7/c1-23(2,3)33-22(31)25-11-9-24(10-12-25)20(21(29)30)17-14-26(8-7-19(27)28)18-6-5-15(32-4)13-16(17)18/h5-6,13-14,20H,7-12H2,1-4H3,(H,27,28)(H,29,30)/t20-/m1/s1. The molecule has 0 bridgehead atoms. The van der Waals surface area contributed by atoms with Gasteiger partial charge < -0.3 is 29.2 Å². The van der Waals surface area contributed by atoms with Crippen molar-refractivity contribution in [2.45, 2.75) is 45.4 Å². The van der Waals surface area contributed by atoms with Gasteiger partial charge in [0.15, 0.2) is 0 Å². The van der Waals surface area contributed by atoms with Gasteiger partial charge in [0, 0.05) is 55.4 Å². The van der Waals surface area contributed by atoms with Crippen LogP contribution in [0.2, 0.25) is 0 Å². The van der Waals surface area contributed by atoms with E-state index < -0.39 is 29.7 Å². The number of piperazine rings is 1. The fourth-order valence-corrected chi connectivity index (χ4v) is 4.02. The maximum atomic E-state index is 12.4. The van der Waals surface area contributed by atoms with E-state index >= 15 is 0 Å². The number of carboxylic acids is 2. The lowest BCUT2D eigenvalue weighted by Crippen LogP contribution is -2.51. The Bertz CT molecular complexity index is 1030. The molecule has 0 unspecified atom stereocenters. The highest BCUT2D eigenvalue weighted by Crippen LogP contribution is 2.34. The first-order valence-electron chi connectivity index (χ1n) is 10.8. The number of aliphatic carboxylic acids is 2. The predicted octanol–water partition coefficient (Wildman–Crippen LogP) is 2.80. The Balaban J connectivity index is 1.89. The highest BCUT2D eigenvalue weighted by Gasteiger charge is 2.34. The van der Waals surface area contributed by atoms with Gasteiger partial charge in [-0.25, -0.2) is 4.79 Å². The fraction of sp³-hybridized carbons (Fsp3) is 0.522. The number of hydrogen-bond donors (Lipinski definition) is 2. The Kier molecular flexibility index (Phi) is 7.16. The number of carbonyl (C=O) groups excluding carboxylic acids is 1. The van der Waals surface area contributed by atoms with Crippen LogP contribution in [-0.4, -0.2) is 81.5 Å². The lowest BCUT2D eigenvalue weighted by molar-refractivity contribution is -0.144. The highest BCUT2D eigenvalue weighted by molar-refractivity contribution is 5.90. The average Bonchev–Trinajstić information content (AvgIpc) is 3.08. The van der Waals surface area contributed by atoms with E-state index in [1.165, 1.54) is 7.11 Å². The van der Waals surface area contributed by atoms with Crippen LogP contribution in [0.3, 0.4) is 0 Å². The third-order valence-electron chi connectivity index (χ3n) is 5.55. The van der Waals surface area contributed by atoms with Gasteiger partial charge in [-0.05, 0) is 39.0 Å². The molecule has 2 N–H and O–H groups in total. The summed E-state index contributed by atoms with van der Waals surface area (Å²) >= 11 is 0. The fourth-order valence-electron chi connectivity index (χ4n) is 4.02. The molecular weight excluding hydrogens is 430 g/mol. The number of ether oxygens (including phenoxy) is 2. The summed E-state index contributed by atoms with van der Waals surface area (Å²) in [7, 11) is 1.53. The number of methoxy groups -OCH3 is 1. The van der Waals surface area contributed by atoms with Crippen molar-refractivity contribution in [1.82, 2.24) is 14.4 Å². The van der Waals surface area contributed by atoms with Crippen LogP contribution in [0.5, 0.6) is 5.75 Å². The number of benzene rings is 1. The second kappa shape index (κ2) is 9.70. The zero-order valence-corrected chi connectivity index (χ0v) is 19.4. The second-order valence-electron chi connectivity index (χ2n) is 9.05. The number of carboxylic acid groups (broad SMARTS) is 2. The molecular formula is C23H31N3O7. The smallest absolute Gasteiger partial charge is 0.410 e. The number of amides is 1. The minimum atomic E-state index is -1.01. The van der Waals surface area contributed by atoms with E-state index in [0.29, 0.717) is 42.9 Å². The van der Waals surface area contributed by atoms with Crippen LogP contribution < -0.4 is 4.74 Å². The first-order valence-corrected chi connectivity index (χ1v) is 10.8. The van der Waals surface area contributed by atoms with E-state index in [1.54, 1.807) is 54.6 Å². The van der Waals surface area contributed by atoms with Gasteiger partial charge in [0.1, 0.15) is 17.4 Å². The number of carbonyl (C=O) groups is 3. The molecule has 1 fully saturated rings. The molecule has 0 spiro atoms. The van der Waals surface area contributed by atoms with Crippen LogP contribution >= 0.6 is 0 Å². The van der Waals surface area contributed by atoms with E-state index in [2.05, 4.69) is 0 Å². The first-order chi connectivity index (χ1) is 15.5. The van der Waals surface area contributed by atoms with E-state index in [9.17, 15) is 19.5 Å². The molecule has 33 heavy (non-hydrogen) atoms. The maximum absolute atomic E-state index is 12.4. The summed E-state index contributed by atoms with van der Waals surface area (Å²) in [4.78, 5) is 39.3. The molecule has 1 aromatic carbocycles. The third-order valence-corrected chi connectivity index (χ3v) is 5.55. The highest BCUT2D eigenvalue weighted by atomic mass is 16.6. The predicted molar refractivity (Wildman–Crippen MR) is 120 cm³/mol. The number of rotatable bonds is 7. The average molecular weight is 462 g/mol. The second-order valence-corrected chi connectivity index (χ2v) is 9.05. The quantitative estimate of drug-likeness (QED) is 0.646. The molecule has 1 saturated heterocycles. The van der Waals surface area contributed by atoms with Crippen molar-refractivity contribution in [2.24, 2.45) is 0 Å². The van der Waals surface area contributed by atoms with Crippen molar-refractivity contribution in [1.29, 1.82) is 0 Å². The topological polar surface area (TPSA) is 122 Å². The van der Waals surface area contributed by atoms with Crippen molar-refractivity contribution >= 4 is 28.9 Å². The Morgan fingerprint density at radius 2 is 1.76 bits per heavy atom. The van der Waals surface area contributed by atoms with Crippen LogP contribution in [-0.2, 0) is 20.9 Å². The van der Waals surface area contributed by atoms with E-state index in [1.807, 2.05) is 4.90 Å². The Hall–Kier alpha value is -3.27. The molecule has 2 aromatic rings. The van der Waals surface area contributed by atoms with E-state index in [0.717, 1.165) is 5.52 Å². The summed E-state index contributed by atoms with van der Waals surface area (Å²) in [6, 6.07) is 4.39. The number of aromatic nitrogens is 1. The van der Waals surface area contributed by atoms with Crippen LogP contribution in [0.25, 0.3) is 10.9 Å². The zero-order valence-electron chi connectivity index (χ0n) is 19.4. The Labute approximate surface area is 192 Å². The molecule has 3 rings (SSSR count). The van der Waals surface area contributed by atoms with Gasteiger partial charge in [0.05, 0.1) is 13.5 Å². The number of fused-ring (bicyclic) bond motifs is 1. The third kappa shape index (κ3) is 5.75. The van der Waals surface area contributed by atoms with Crippen molar-refractivity contribution in [3.05, 3.63) is 30.0 Å². The van der Waals surface area contributed by atoms with Crippen molar-refractivity contribution in [2.75, 3.05) is 33.3 Å². The summed E-state index contributed by atoms with van der Waals surface area (Å²) in [5, 5.41) is 19.9. The maximum Gasteiger partial charge on any atom is 0.410 e. The first kappa shape index (κ1) is 24.4. The molecule has 1 aliphatic rings. The van der Waals surface area contributed by atoms with E-state index in [-0.39, 0.29) is 13.0 Å². The van der Waals surface area contributed by atoms with Crippen molar-refractivity contribution < 1.29 is 34.1 Å². The van der Waals surface area contributed by atoms with Crippen LogP contribution in [0.4, 0.5) is 4.79 Å². The molecule has 1 atom stereocenters. The lowest BCUT2D eigenvalue weighted by Gasteiger charge is -2.38. The summed E-state index contributed by atoms with van der Waals surface area (Å²) in [5.74, 6) is -1.36. The van der Waals surface area contributed by atoms with Crippen LogP contribution in [0, 0.1) is 0 Å². The number of hydrogen-bond acceptors (Lipinski definition) is 6. The minimum Gasteiger partial charge on any atom is -0.497 e. The molecule has 0 saturated carbocycles. The largest absolute Gasteiger partial charge is 0.497 e. The minimum absolute atomic E-state index is 0.0818. The molecule has 0 radical (unpaired) electrons. The zero-order chi connectivity index (χ0) is 24.3. The number of nitrogens with zero attached hydrogens (tertiary/aromatic N) is 3. The van der Waals surface area contributed by atoms with Gasteiger partial charge in [0.2, 0.25) is 0 Å². The van der Waals surface area contributed by atoms with Gasteiger partial charge in [0.25, 0.3) is 0 Å². The van der Waals surface area contributed by atoms with Gasteiger partial charge in [-0.15, -0.1) is 0 Å². The summed E-state index contributed by atoms with van der Waals surface area (Å²) in [5.41, 5.74) is 0.701. The van der Waals surface area contributed by atoms with Crippen molar-refractivity contribution in [3.8, 4) is 5.75 Å². The molecule has 1 aliphatic heterocycles. The van der Waals surface area contributed by atoms with Gasteiger partial charge in [-0.3, -0.25) is 14.5 Å². The summed E-state index contributed by atoms with van der Waals surface area (Å²) in [6.07, 6.45) is 1.22. The van der Waals surface area contributed by atoms with Gasteiger partial charge >= 0.3 is 18.0 Å². The monoisotopic (exact) mass is 461 g/mol. The summed E-state index contributed by atoms with van der Waals surface area (Å²) < 4.78 is 12.5. The number of aryl methyl sites for hydroxylation is 1. The molecule has 10 heteroatoms. The molecule has 180 valence electrons. The Morgan fingerprint density at radius 3 is 2.30 bits per heavy atom.